The van der Waals surface area contributed by atoms with E-state index >= 15 is 0 Å². The number of carboxylic acids is 1. The Morgan fingerprint density at radius 3 is 2.40 bits per heavy atom. The Labute approximate surface area is 208 Å². The highest BCUT2D eigenvalue weighted by Gasteiger charge is 2.34. The van der Waals surface area contributed by atoms with E-state index in [1.165, 1.54) is 4.90 Å². The molecule has 0 atom stereocenters. The summed E-state index contributed by atoms with van der Waals surface area (Å²) in [6, 6.07) is 14.4. The van der Waals surface area contributed by atoms with Crippen molar-refractivity contribution in [3.05, 3.63) is 87.7 Å². The zero-order chi connectivity index (χ0) is 25.4. The van der Waals surface area contributed by atoms with E-state index in [2.05, 4.69) is 5.32 Å². The molecule has 35 heavy (non-hydrogen) atoms. The summed E-state index contributed by atoms with van der Waals surface area (Å²) in [6.45, 7) is 7.56. The average Bonchev–Trinajstić information content (AvgIpc) is 3.09. The molecule has 3 aromatic rings. The molecule has 1 aliphatic heterocycles. The summed E-state index contributed by atoms with van der Waals surface area (Å²) in [5.41, 5.74) is 5.52. The maximum Gasteiger partial charge on any atom is 0.336 e. The van der Waals surface area contributed by atoms with Gasteiger partial charge in [0.25, 0.3) is 11.8 Å². The molecule has 2 heterocycles. The van der Waals surface area contributed by atoms with Crippen LogP contribution < -0.4 is 10.2 Å². The van der Waals surface area contributed by atoms with Gasteiger partial charge in [-0.2, -0.15) is 0 Å². The molecule has 4 rings (SSSR count). The average molecular weight is 488 g/mol. The molecule has 1 saturated heterocycles. The fraction of sp³-hybridized carbons (Fsp3) is 0.185. The molecule has 1 aliphatic rings. The van der Waals surface area contributed by atoms with Crippen LogP contribution in [0.3, 0.4) is 0 Å². The zero-order valence-electron chi connectivity index (χ0n) is 19.9. The number of aromatic carboxylic acids is 1. The summed E-state index contributed by atoms with van der Waals surface area (Å²) in [4.78, 5) is 39.1. The molecule has 178 valence electrons. The van der Waals surface area contributed by atoms with Gasteiger partial charge < -0.3 is 9.67 Å². The second-order valence-electron chi connectivity index (χ2n) is 8.39. The highest BCUT2D eigenvalue weighted by Crippen LogP contribution is 2.28. The Bertz CT molecular complexity index is 1420. The molecule has 1 aromatic heterocycles. The normalized spacial score (nSPS) is 15.0. The van der Waals surface area contributed by atoms with E-state index in [9.17, 15) is 19.5 Å². The number of carbonyl (C=O) groups excluding carboxylic acids is 2. The minimum absolute atomic E-state index is 0.0329. The predicted molar refractivity (Wildman–Crippen MR) is 139 cm³/mol. The fourth-order valence-corrected chi connectivity index (χ4v) is 4.61. The fourth-order valence-electron chi connectivity index (χ4n) is 4.33. The van der Waals surface area contributed by atoms with Gasteiger partial charge in [0, 0.05) is 17.1 Å². The standard InChI is InChI=1S/C27H25N3O4S/c1-5-18-9-11-20(12-10-18)30-25(32)22(24(31)28-27(30)35)14-19-13-15(2)29(17(19)4)23-8-6-7-21(16(23)3)26(33)34/h6-14H,5H2,1-4H3,(H,33,34)(H,28,31,35). The Balaban J connectivity index is 1.77. The van der Waals surface area contributed by atoms with Crippen LogP contribution in [0.2, 0.25) is 0 Å². The summed E-state index contributed by atoms with van der Waals surface area (Å²) >= 11 is 5.30. The third-order valence-electron chi connectivity index (χ3n) is 6.25. The molecule has 2 aromatic carbocycles. The SMILES string of the molecule is CCc1ccc(N2C(=O)C(=Cc3cc(C)n(-c4cccc(C(=O)O)c4C)c3C)C(=O)NC2=S)cc1. The van der Waals surface area contributed by atoms with Gasteiger partial charge in [0.2, 0.25) is 0 Å². The molecule has 0 aliphatic carbocycles. The van der Waals surface area contributed by atoms with Gasteiger partial charge in [-0.25, -0.2) is 4.79 Å². The minimum Gasteiger partial charge on any atom is -0.478 e. The van der Waals surface area contributed by atoms with Crippen LogP contribution in [0.1, 0.15) is 45.4 Å². The molecule has 8 heteroatoms. The number of nitrogens with zero attached hydrogens (tertiary/aromatic N) is 2. The Hall–Kier alpha value is -4.04. The number of thiocarbonyl (C=S) groups is 1. The topological polar surface area (TPSA) is 91.6 Å². The predicted octanol–water partition coefficient (Wildman–Crippen LogP) is 4.49. The van der Waals surface area contributed by atoms with Crippen molar-refractivity contribution < 1.29 is 19.5 Å². The lowest BCUT2D eigenvalue weighted by atomic mass is 10.1. The Kier molecular flexibility index (Phi) is 6.41. The summed E-state index contributed by atoms with van der Waals surface area (Å²) in [5, 5.41) is 12.2. The monoisotopic (exact) mass is 487 g/mol. The van der Waals surface area contributed by atoms with Crippen molar-refractivity contribution in [1.29, 1.82) is 0 Å². The van der Waals surface area contributed by atoms with Gasteiger partial charge in [0.1, 0.15) is 5.57 Å². The van der Waals surface area contributed by atoms with Gasteiger partial charge in [0.15, 0.2) is 5.11 Å². The number of carboxylic acid groups (broad SMARTS) is 1. The molecule has 2 amide bonds. The van der Waals surface area contributed by atoms with Crippen molar-refractivity contribution in [3.63, 3.8) is 0 Å². The van der Waals surface area contributed by atoms with Crippen LogP contribution in [0.5, 0.6) is 0 Å². The van der Waals surface area contributed by atoms with Crippen LogP contribution >= 0.6 is 12.2 Å². The van der Waals surface area contributed by atoms with Gasteiger partial charge in [-0.15, -0.1) is 0 Å². The third kappa shape index (κ3) is 4.28. The lowest BCUT2D eigenvalue weighted by Crippen LogP contribution is -2.54. The van der Waals surface area contributed by atoms with Crippen molar-refractivity contribution in [1.82, 2.24) is 9.88 Å². The number of rotatable bonds is 5. The lowest BCUT2D eigenvalue weighted by molar-refractivity contribution is -0.122. The first kappa shape index (κ1) is 24.1. The number of hydrogen-bond acceptors (Lipinski definition) is 4. The number of hydrogen-bond donors (Lipinski definition) is 2. The molecule has 2 N–H and O–H groups in total. The zero-order valence-corrected chi connectivity index (χ0v) is 20.7. The van der Waals surface area contributed by atoms with E-state index in [0.717, 1.165) is 29.1 Å². The lowest BCUT2D eigenvalue weighted by Gasteiger charge is -2.29. The number of carbonyl (C=O) groups is 3. The number of benzene rings is 2. The molecule has 0 saturated carbocycles. The van der Waals surface area contributed by atoms with E-state index < -0.39 is 17.8 Å². The first-order valence-corrected chi connectivity index (χ1v) is 11.6. The summed E-state index contributed by atoms with van der Waals surface area (Å²) < 4.78 is 1.92. The molecular weight excluding hydrogens is 462 g/mol. The smallest absolute Gasteiger partial charge is 0.336 e. The van der Waals surface area contributed by atoms with E-state index in [1.807, 2.05) is 61.7 Å². The third-order valence-corrected chi connectivity index (χ3v) is 6.54. The number of nitrogens with one attached hydrogen (secondary N) is 1. The Morgan fingerprint density at radius 1 is 1.09 bits per heavy atom. The van der Waals surface area contributed by atoms with E-state index in [0.29, 0.717) is 16.8 Å². The molecule has 0 radical (unpaired) electrons. The van der Waals surface area contributed by atoms with Gasteiger partial charge in [-0.3, -0.25) is 19.8 Å². The molecule has 1 fully saturated rings. The first-order valence-electron chi connectivity index (χ1n) is 11.2. The molecule has 0 unspecified atom stereocenters. The summed E-state index contributed by atoms with van der Waals surface area (Å²) in [7, 11) is 0. The van der Waals surface area contributed by atoms with Gasteiger partial charge in [-0.1, -0.05) is 25.1 Å². The number of amides is 2. The molecule has 0 spiro atoms. The van der Waals surface area contributed by atoms with Crippen LogP contribution in [0.4, 0.5) is 5.69 Å². The maximum atomic E-state index is 13.4. The largest absolute Gasteiger partial charge is 0.478 e. The van der Waals surface area contributed by atoms with E-state index in [-0.39, 0.29) is 16.2 Å². The van der Waals surface area contributed by atoms with Crippen molar-refractivity contribution in [2.75, 3.05) is 4.90 Å². The second kappa shape index (κ2) is 9.31. The number of aromatic nitrogens is 1. The van der Waals surface area contributed by atoms with Gasteiger partial charge in [0.05, 0.1) is 11.3 Å². The van der Waals surface area contributed by atoms with Crippen LogP contribution in [-0.2, 0) is 16.0 Å². The van der Waals surface area contributed by atoms with Gasteiger partial charge in [-0.05, 0) is 92.5 Å². The van der Waals surface area contributed by atoms with E-state index in [1.54, 1.807) is 25.1 Å². The maximum absolute atomic E-state index is 13.4. The van der Waals surface area contributed by atoms with Crippen molar-refractivity contribution in [3.8, 4) is 5.69 Å². The van der Waals surface area contributed by atoms with Crippen LogP contribution in [0.15, 0.2) is 54.1 Å². The highest BCUT2D eigenvalue weighted by molar-refractivity contribution is 7.80. The quantitative estimate of drug-likeness (QED) is 0.314. The van der Waals surface area contributed by atoms with Crippen molar-refractivity contribution in [2.45, 2.75) is 34.1 Å². The number of anilines is 1. The number of aryl methyl sites for hydroxylation is 2. The van der Waals surface area contributed by atoms with E-state index in [4.69, 9.17) is 12.2 Å². The Morgan fingerprint density at radius 2 is 1.77 bits per heavy atom. The van der Waals surface area contributed by atoms with Gasteiger partial charge >= 0.3 is 5.97 Å². The van der Waals surface area contributed by atoms with Crippen LogP contribution in [-0.4, -0.2) is 32.6 Å². The first-order chi connectivity index (χ1) is 16.6. The van der Waals surface area contributed by atoms with Crippen molar-refractivity contribution in [2.24, 2.45) is 0 Å². The molecular formula is C27H25N3O4S. The minimum atomic E-state index is -0.998. The van der Waals surface area contributed by atoms with Crippen molar-refractivity contribution >= 4 is 46.9 Å². The summed E-state index contributed by atoms with van der Waals surface area (Å²) in [6.07, 6.45) is 2.42. The molecule has 7 nitrogen and oxygen atoms in total. The van der Waals surface area contributed by atoms with Crippen LogP contribution in [0.25, 0.3) is 11.8 Å². The molecule has 0 bridgehead atoms. The van der Waals surface area contributed by atoms with Crippen LogP contribution in [0, 0.1) is 20.8 Å². The highest BCUT2D eigenvalue weighted by atomic mass is 32.1. The summed E-state index contributed by atoms with van der Waals surface area (Å²) in [5.74, 6) is -2.06. The second-order valence-corrected chi connectivity index (χ2v) is 8.78.